The first-order chi connectivity index (χ1) is 8.52. The zero-order valence-corrected chi connectivity index (χ0v) is 12.3. The molecule has 0 unspecified atom stereocenters. The highest BCUT2D eigenvalue weighted by atomic mass is 14.7. The van der Waals surface area contributed by atoms with Crippen LogP contribution >= 0.6 is 0 Å². The predicted octanol–water partition coefficient (Wildman–Crippen LogP) is 4.66. The molecule has 1 rings (SSSR count). The van der Waals surface area contributed by atoms with Crippen molar-refractivity contribution in [2.45, 2.75) is 65.2 Å². The molecule has 1 aromatic carbocycles. The van der Waals surface area contributed by atoms with Crippen molar-refractivity contribution in [3.63, 3.8) is 0 Å². The third kappa shape index (κ3) is 3.18. The molecule has 0 saturated heterocycles. The van der Waals surface area contributed by atoms with Crippen molar-refractivity contribution in [2.75, 3.05) is 11.5 Å². The number of nitrogens with two attached hydrogens (primary N) is 2. The standard InChI is InChI=1S/C16H28N2/c1-5-7-11(3)13-9-10-14(12(4)8-6-2)16(18)15(13)17/h9-12H,5-8,17-18H2,1-4H3/t11-,12+. The van der Waals surface area contributed by atoms with Gasteiger partial charge in [-0.1, -0.05) is 52.7 Å². The Morgan fingerprint density at radius 3 is 1.44 bits per heavy atom. The summed E-state index contributed by atoms with van der Waals surface area (Å²) in [5.41, 5.74) is 16.5. The zero-order chi connectivity index (χ0) is 13.7. The number of nitrogen functional groups attached to an aromatic ring is 2. The molecule has 0 aromatic heterocycles. The lowest BCUT2D eigenvalue weighted by molar-refractivity contribution is 0.658. The minimum atomic E-state index is 0.493. The molecule has 0 heterocycles. The Morgan fingerprint density at radius 1 is 0.833 bits per heavy atom. The third-order valence-electron chi connectivity index (χ3n) is 3.86. The van der Waals surface area contributed by atoms with Gasteiger partial charge < -0.3 is 11.5 Å². The van der Waals surface area contributed by atoms with E-state index in [1.54, 1.807) is 0 Å². The molecule has 0 spiro atoms. The lowest BCUT2D eigenvalue weighted by atomic mass is 9.88. The van der Waals surface area contributed by atoms with E-state index in [1.165, 1.54) is 24.0 Å². The van der Waals surface area contributed by atoms with E-state index in [0.29, 0.717) is 11.8 Å². The van der Waals surface area contributed by atoms with E-state index >= 15 is 0 Å². The van der Waals surface area contributed by atoms with E-state index in [4.69, 9.17) is 11.5 Å². The lowest BCUT2D eigenvalue weighted by Crippen LogP contribution is -2.08. The van der Waals surface area contributed by atoms with E-state index in [2.05, 4.69) is 39.8 Å². The Balaban J connectivity index is 3.04. The average molecular weight is 248 g/mol. The Bertz CT molecular complexity index is 348. The summed E-state index contributed by atoms with van der Waals surface area (Å²) in [5.74, 6) is 0.987. The molecule has 0 saturated carbocycles. The van der Waals surface area contributed by atoms with Gasteiger partial charge in [-0.25, -0.2) is 0 Å². The fourth-order valence-electron chi connectivity index (χ4n) is 2.71. The molecule has 2 heteroatoms. The molecular formula is C16H28N2. The maximum Gasteiger partial charge on any atom is 0.0586 e. The van der Waals surface area contributed by atoms with Gasteiger partial charge in [-0.2, -0.15) is 0 Å². The molecule has 18 heavy (non-hydrogen) atoms. The summed E-state index contributed by atoms with van der Waals surface area (Å²) in [4.78, 5) is 0. The van der Waals surface area contributed by atoms with Gasteiger partial charge in [0.1, 0.15) is 0 Å². The SMILES string of the molecule is CCC[C@@H](C)c1ccc([C@@H](C)CCC)c(N)c1N. The van der Waals surface area contributed by atoms with Gasteiger partial charge >= 0.3 is 0 Å². The minimum absolute atomic E-state index is 0.493. The topological polar surface area (TPSA) is 52.0 Å². The molecule has 0 radical (unpaired) electrons. The summed E-state index contributed by atoms with van der Waals surface area (Å²) in [7, 11) is 0. The molecule has 0 bridgehead atoms. The molecule has 0 aliphatic carbocycles. The van der Waals surface area contributed by atoms with E-state index in [-0.39, 0.29) is 0 Å². The highest BCUT2D eigenvalue weighted by molar-refractivity contribution is 5.72. The van der Waals surface area contributed by atoms with Crippen LogP contribution in [0.4, 0.5) is 11.4 Å². The maximum atomic E-state index is 6.22. The van der Waals surface area contributed by atoms with Gasteiger partial charge in [0.15, 0.2) is 0 Å². The summed E-state index contributed by atoms with van der Waals surface area (Å²) < 4.78 is 0. The molecule has 2 nitrogen and oxygen atoms in total. The van der Waals surface area contributed by atoms with E-state index in [1.807, 2.05) is 0 Å². The second-order valence-electron chi connectivity index (χ2n) is 5.45. The molecule has 0 amide bonds. The van der Waals surface area contributed by atoms with Crippen LogP contribution in [0.2, 0.25) is 0 Å². The monoisotopic (exact) mass is 248 g/mol. The molecule has 102 valence electrons. The van der Waals surface area contributed by atoms with Gasteiger partial charge in [-0.3, -0.25) is 0 Å². The van der Waals surface area contributed by atoms with Crippen molar-refractivity contribution in [2.24, 2.45) is 0 Å². The number of anilines is 2. The number of hydrogen-bond acceptors (Lipinski definition) is 2. The highest BCUT2D eigenvalue weighted by Gasteiger charge is 2.15. The zero-order valence-electron chi connectivity index (χ0n) is 12.3. The van der Waals surface area contributed by atoms with Crippen LogP contribution in [0.15, 0.2) is 12.1 Å². The predicted molar refractivity (Wildman–Crippen MR) is 81.9 cm³/mol. The minimum Gasteiger partial charge on any atom is -0.397 e. The fraction of sp³-hybridized carbons (Fsp3) is 0.625. The van der Waals surface area contributed by atoms with Crippen LogP contribution < -0.4 is 11.5 Å². The van der Waals surface area contributed by atoms with E-state index < -0.39 is 0 Å². The van der Waals surface area contributed by atoms with Gasteiger partial charge in [0, 0.05) is 0 Å². The highest BCUT2D eigenvalue weighted by Crippen LogP contribution is 2.36. The maximum absolute atomic E-state index is 6.22. The molecule has 0 fully saturated rings. The van der Waals surface area contributed by atoms with Crippen LogP contribution in [0, 0.1) is 0 Å². The second-order valence-corrected chi connectivity index (χ2v) is 5.45. The molecule has 0 aliphatic heterocycles. The normalized spacial score (nSPS) is 14.4. The summed E-state index contributed by atoms with van der Waals surface area (Å²) in [6.45, 7) is 8.86. The second kappa shape index (κ2) is 6.67. The molecule has 0 aliphatic rings. The largest absolute Gasteiger partial charge is 0.397 e. The molecule has 4 N–H and O–H groups in total. The Hall–Kier alpha value is -1.18. The van der Waals surface area contributed by atoms with Gasteiger partial charge in [-0.15, -0.1) is 0 Å². The van der Waals surface area contributed by atoms with Gasteiger partial charge in [0.05, 0.1) is 11.4 Å². The van der Waals surface area contributed by atoms with Crippen molar-refractivity contribution in [1.82, 2.24) is 0 Å². The van der Waals surface area contributed by atoms with Crippen molar-refractivity contribution < 1.29 is 0 Å². The van der Waals surface area contributed by atoms with Crippen molar-refractivity contribution in [3.8, 4) is 0 Å². The lowest BCUT2D eigenvalue weighted by Gasteiger charge is -2.20. The molecule has 1 aromatic rings. The number of benzene rings is 1. The van der Waals surface area contributed by atoms with Crippen LogP contribution in [0.1, 0.15) is 76.3 Å². The van der Waals surface area contributed by atoms with Crippen LogP contribution in [0.5, 0.6) is 0 Å². The molecular weight excluding hydrogens is 220 g/mol. The van der Waals surface area contributed by atoms with Crippen molar-refractivity contribution in [3.05, 3.63) is 23.3 Å². The average Bonchev–Trinajstić information content (AvgIpc) is 2.33. The Labute approximate surface area is 112 Å². The smallest absolute Gasteiger partial charge is 0.0586 e. The van der Waals surface area contributed by atoms with Crippen LogP contribution in [0.25, 0.3) is 0 Å². The molecule has 2 atom stereocenters. The summed E-state index contributed by atoms with van der Waals surface area (Å²) in [6, 6.07) is 4.35. The summed E-state index contributed by atoms with van der Waals surface area (Å²) in [6.07, 6.45) is 4.67. The first-order valence-electron chi connectivity index (χ1n) is 7.20. The number of hydrogen-bond donors (Lipinski definition) is 2. The van der Waals surface area contributed by atoms with Gasteiger partial charge in [0.25, 0.3) is 0 Å². The summed E-state index contributed by atoms with van der Waals surface area (Å²) >= 11 is 0. The van der Waals surface area contributed by atoms with E-state index in [0.717, 1.165) is 24.2 Å². The Kier molecular flexibility index (Phi) is 5.52. The van der Waals surface area contributed by atoms with Gasteiger partial charge in [-0.05, 0) is 35.8 Å². The first-order valence-corrected chi connectivity index (χ1v) is 7.20. The first kappa shape index (κ1) is 14.9. The quantitative estimate of drug-likeness (QED) is 0.719. The van der Waals surface area contributed by atoms with Crippen LogP contribution in [0.3, 0.4) is 0 Å². The van der Waals surface area contributed by atoms with Crippen molar-refractivity contribution >= 4 is 11.4 Å². The Morgan fingerprint density at radius 2 is 1.17 bits per heavy atom. The van der Waals surface area contributed by atoms with Crippen LogP contribution in [-0.4, -0.2) is 0 Å². The number of rotatable bonds is 6. The third-order valence-corrected chi connectivity index (χ3v) is 3.86. The van der Waals surface area contributed by atoms with Gasteiger partial charge in [0.2, 0.25) is 0 Å². The van der Waals surface area contributed by atoms with Crippen LogP contribution in [-0.2, 0) is 0 Å². The fourth-order valence-corrected chi connectivity index (χ4v) is 2.71. The van der Waals surface area contributed by atoms with Crippen molar-refractivity contribution in [1.29, 1.82) is 0 Å². The summed E-state index contributed by atoms with van der Waals surface area (Å²) in [5, 5.41) is 0. The van der Waals surface area contributed by atoms with E-state index in [9.17, 15) is 0 Å².